The average Bonchev–Trinajstić information content (AvgIpc) is 3.03. The molecule has 0 rings (SSSR count). The number of allylic oxidation sites excluding steroid dienone is 10. The molecule has 0 spiro atoms. The van der Waals surface area contributed by atoms with Crippen molar-refractivity contribution in [1.29, 1.82) is 0 Å². The van der Waals surface area contributed by atoms with E-state index in [1.165, 1.54) is 0 Å². The number of carbonyl (C=O) groups excluding carboxylic acids is 4. The predicted molar refractivity (Wildman–Crippen MR) is 177 cm³/mol. The highest BCUT2D eigenvalue weighted by molar-refractivity contribution is 5.94. The molecule has 0 radical (unpaired) electrons. The first-order chi connectivity index (χ1) is 21.9. The highest BCUT2D eigenvalue weighted by atomic mass is 16.6. The maximum Gasteiger partial charge on any atom is 0.330 e. The van der Waals surface area contributed by atoms with Gasteiger partial charge < -0.3 is 30.3 Å². The van der Waals surface area contributed by atoms with Crippen LogP contribution in [0.5, 0.6) is 0 Å². The molecular weight excluding hydrogens is 576 g/mol. The van der Waals surface area contributed by atoms with Gasteiger partial charge in [-0.3, -0.25) is 9.59 Å². The number of ether oxygens (including phenoxy) is 2. The number of hydrogen-bond acceptors (Lipinski definition) is 8. The number of carbonyl (C=O) groups is 4. The number of unbranched alkanes of at least 4 members (excludes halogenated alkanes) is 2. The standard InChI is InChI=1S/C35H54N2O8/c1-3-5-6-7-8-9-10-11-12-13-14-15-16-17-18-19-20-24-33(41)37-31(35(43)45-30(28-38)29-39)23-21-22-27-36-32(40)25-26-34(42)44-4-2/h5-6,8-9,11-12,14-15,17-18,25-26,30-31,38-39H,3-4,7,10,13,16,19-24,27-29H2,1-2H3,(H,36,40)(H,37,41). The van der Waals surface area contributed by atoms with Gasteiger partial charge in [0.1, 0.15) is 12.1 Å². The van der Waals surface area contributed by atoms with E-state index in [1.54, 1.807) is 6.92 Å². The summed E-state index contributed by atoms with van der Waals surface area (Å²) in [5.41, 5.74) is 0. The van der Waals surface area contributed by atoms with Gasteiger partial charge in [0, 0.05) is 25.1 Å². The molecule has 0 bridgehead atoms. The van der Waals surface area contributed by atoms with Crippen LogP contribution in [0.2, 0.25) is 0 Å². The van der Waals surface area contributed by atoms with Crippen LogP contribution in [0.25, 0.3) is 0 Å². The molecule has 0 aliphatic heterocycles. The van der Waals surface area contributed by atoms with E-state index in [0.29, 0.717) is 25.8 Å². The Morgan fingerprint density at radius 2 is 1.31 bits per heavy atom. The van der Waals surface area contributed by atoms with Gasteiger partial charge in [-0.25, -0.2) is 9.59 Å². The van der Waals surface area contributed by atoms with Gasteiger partial charge in [0.25, 0.3) is 0 Å². The molecule has 0 aromatic rings. The van der Waals surface area contributed by atoms with E-state index < -0.39 is 43.2 Å². The maximum atomic E-state index is 12.6. The topological polar surface area (TPSA) is 151 Å². The second-order valence-electron chi connectivity index (χ2n) is 10.0. The van der Waals surface area contributed by atoms with Gasteiger partial charge in [-0.1, -0.05) is 67.7 Å². The van der Waals surface area contributed by atoms with Crippen LogP contribution >= 0.6 is 0 Å². The third-order valence-electron chi connectivity index (χ3n) is 6.12. The van der Waals surface area contributed by atoms with Crippen LogP contribution in [0.15, 0.2) is 72.9 Å². The van der Waals surface area contributed by atoms with Crippen LogP contribution in [0.1, 0.15) is 84.5 Å². The number of nitrogens with one attached hydrogen (secondary N) is 2. The lowest BCUT2D eigenvalue weighted by molar-refractivity contribution is -0.157. The fourth-order valence-electron chi connectivity index (χ4n) is 3.72. The SMILES string of the molecule is CCC=CCC=CCC=CCC=CCC=CCCCC(=O)NC(CCCCNC(=O)C=CC(=O)OCC)C(=O)OC(CO)CO. The maximum absolute atomic E-state index is 12.6. The van der Waals surface area contributed by atoms with Crippen molar-refractivity contribution in [3.8, 4) is 0 Å². The van der Waals surface area contributed by atoms with Crippen molar-refractivity contribution in [2.45, 2.75) is 96.6 Å². The summed E-state index contributed by atoms with van der Waals surface area (Å²) < 4.78 is 9.83. The molecule has 0 aliphatic rings. The zero-order valence-corrected chi connectivity index (χ0v) is 27.0. The molecule has 0 saturated carbocycles. The summed E-state index contributed by atoms with van der Waals surface area (Å²) in [6.07, 6.45) is 29.8. The Labute approximate surface area is 269 Å². The molecule has 0 aliphatic carbocycles. The zero-order valence-electron chi connectivity index (χ0n) is 27.0. The Bertz CT molecular complexity index is 994. The molecule has 1 atom stereocenters. The predicted octanol–water partition coefficient (Wildman–Crippen LogP) is 4.70. The van der Waals surface area contributed by atoms with Crippen LogP contribution in [-0.4, -0.2) is 72.5 Å². The molecule has 0 aromatic carbocycles. The van der Waals surface area contributed by atoms with Gasteiger partial charge >= 0.3 is 11.9 Å². The van der Waals surface area contributed by atoms with E-state index in [-0.39, 0.29) is 25.4 Å². The minimum absolute atomic E-state index is 0.215. The summed E-state index contributed by atoms with van der Waals surface area (Å²) in [6, 6.07) is -0.953. The first kappa shape index (κ1) is 41.2. The highest BCUT2D eigenvalue weighted by Crippen LogP contribution is 2.07. The van der Waals surface area contributed by atoms with Gasteiger partial charge in [0.2, 0.25) is 11.8 Å². The van der Waals surface area contributed by atoms with Gasteiger partial charge in [-0.2, -0.15) is 0 Å². The number of esters is 2. The van der Waals surface area contributed by atoms with E-state index >= 15 is 0 Å². The molecule has 4 N–H and O–H groups in total. The fourth-order valence-corrected chi connectivity index (χ4v) is 3.72. The van der Waals surface area contributed by atoms with E-state index in [9.17, 15) is 29.4 Å². The molecular formula is C35H54N2O8. The van der Waals surface area contributed by atoms with Crippen molar-refractivity contribution in [3.05, 3.63) is 72.9 Å². The molecule has 0 aromatic heterocycles. The number of amides is 2. The third-order valence-corrected chi connectivity index (χ3v) is 6.12. The summed E-state index contributed by atoms with van der Waals surface area (Å²) in [6.45, 7) is 3.22. The molecule has 10 heteroatoms. The summed E-state index contributed by atoms with van der Waals surface area (Å²) in [5.74, 6) is -2.10. The molecule has 2 amide bonds. The Hall–Kier alpha value is -3.76. The number of rotatable bonds is 26. The van der Waals surface area contributed by atoms with Crippen LogP contribution in [0, 0.1) is 0 Å². The molecule has 0 saturated heterocycles. The normalized spacial score (nSPS) is 12.8. The minimum atomic E-state index is -1.07. The van der Waals surface area contributed by atoms with Crippen molar-refractivity contribution in [2.24, 2.45) is 0 Å². The summed E-state index contributed by atoms with van der Waals surface area (Å²) in [5, 5.41) is 23.8. The van der Waals surface area contributed by atoms with E-state index in [4.69, 9.17) is 9.47 Å². The van der Waals surface area contributed by atoms with Gasteiger partial charge in [-0.15, -0.1) is 0 Å². The molecule has 0 heterocycles. The van der Waals surface area contributed by atoms with Crippen molar-refractivity contribution >= 4 is 23.8 Å². The van der Waals surface area contributed by atoms with Crippen molar-refractivity contribution in [3.63, 3.8) is 0 Å². The van der Waals surface area contributed by atoms with Crippen molar-refractivity contribution < 1.29 is 38.9 Å². The highest BCUT2D eigenvalue weighted by Gasteiger charge is 2.24. The third kappa shape index (κ3) is 26.4. The first-order valence-corrected chi connectivity index (χ1v) is 16.0. The zero-order chi connectivity index (χ0) is 33.4. The Balaban J connectivity index is 4.42. The van der Waals surface area contributed by atoms with Crippen LogP contribution in [0.4, 0.5) is 0 Å². The second kappa shape index (κ2) is 30.3. The Kier molecular flexibility index (Phi) is 27.7. The largest absolute Gasteiger partial charge is 0.463 e. The monoisotopic (exact) mass is 630 g/mol. The van der Waals surface area contributed by atoms with Crippen molar-refractivity contribution in [1.82, 2.24) is 10.6 Å². The lowest BCUT2D eigenvalue weighted by Gasteiger charge is -2.20. The van der Waals surface area contributed by atoms with E-state index in [1.807, 2.05) is 6.08 Å². The Morgan fingerprint density at radius 3 is 1.87 bits per heavy atom. The van der Waals surface area contributed by atoms with Gasteiger partial charge in [-0.05, 0) is 71.1 Å². The average molecular weight is 631 g/mol. The number of hydrogen-bond donors (Lipinski definition) is 4. The first-order valence-electron chi connectivity index (χ1n) is 16.0. The Morgan fingerprint density at radius 1 is 0.733 bits per heavy atom. The minimum Gasteiger partial charge on any atom is -0.463 e. The fraction of sp³-hybridized carbons (Fsp3) is 0.543. The molecule has 10 nitrogen and oxygen atoms in total. The smallest absolute Gasteiger partial charge is 0.330 e. The van der Waals surface area contributed by atoms with Gasteiger partial charge in [0.05, 0.1) is 19.8 Å². The lowest BCUT2D eigenvalue weighted by atomic mass is 10.1. The summed E-state index contributed by atoms with van der Waals surface area (Å²) in [7, 11) is 0. The van der Waals surface area contributed by atoms with E-state index in [0.717, 1.165) is 50.7 Å². The molecule has 0 fully saturated rings. The molecule has 1 unspecified atom stereocenters. The lowest BCUT2D eigenvalue weighted by Crippen LogP contribution is -2.44. The summed E-state index contributed by atoms with van der Waals surface area (Å²) in [4.78, 5) is 48.2. The molecule has 45 heavy (non-hydrogen) atoms. The van der Waals surface area contributed by atoms with Gasteiger partial charge in [0.15, 0.2) is 0 Å². The number of aliphatic hydroxyl groups excluding tert-OH is 2. The molecule has 252 valence electrons. The number of aliphatic hydroxyl groups is 2. The van der Waals surface area contributed by atoms with Crippen molar-refractivity contribution in [2.75, 3.05) is 26.4 Å². The van der Waals surface area contributed by atoms with Crippen LogP contribution in [0.3, 0.4) is 0 Å². The second-order valence-corrected chi connectivity index (χ2v) is 10.0. The summed E-state index contributed by atoms with van der Waals surface area (Å²) >= 11 is 0. The van der Waals surface area contributed by atoms with Crippen LogP contribution < -0.4 is 10.6 Å². The van der Waals surface area contributed by atoms with E-state index in [2.05, 4.69) is 72.2 Å². The van der Waals surface area contributed by atoms with Crippen LogP contribution in [-0.2, 0) is 28.7 Å². The quantitative estimate of drug-likeness (QED) is 0.0465.